The van der Waals surface area contributed by atoms with Crippen LogP contribution in [0.1, 0.15) is 46.7 Å². The average molecular weight is 537 g/mol. The smallest absolute Gasteiger partial charge is 0.0991 e. The molecule has 1 heterocycles. The minimum atomic E-state index is 0.0873. The van der Waals surface area contributed by atoms with Gasteiger partial charge in [0.15, 0.2) is 0 Å². The van der Waals surface area contributed by atoms with Crippen molar-refractivity contribution in [1.29, 1.82) is 5.26 Å². The molecule has 1 N–H and O–H groups in total. The van der Waals surface area contributed by atoms with E-state index in [2.05, 4.69) is 121 Å². The van der Waals surface area contributed by atoms with E-state index in [-0.39, 0.29) is 6.04 Å². The number of rotatable bonds is 3. The maximum absolute atomic E-state index is 9.28. The van der Waals surface area contributed by atoms with Crippen molar-refractivity contribution in [3.05, 3.63) is 166 Å². The van der Waals surface area contributed by atoms with Gasteiger partial charge in [0.2, 0.25) is 0 Å². The number of fused-ring (bicyclic) bond motifs is 6. The Morgan fingerprint density at radius 2 is 1.64 bits per heavy atom. The summed E-state index contributed by atoms with van der Waals surface area (Å²) in [5, 5.41) is 15.5. The molecule has 0 saturated carbocycles. The first-order valence-electron chi connectivity index (χ1n) is 14.7. The van der Waals surface area contributed by atoms with Crippen molar-refractivity contribution >= 4 is 33.7 Å². The molecule has 4 aromatic rings. The van der Waals surface area contributed by atoms with E-state index in [1.807, 2.05) is 24.3 Å². The summed E-state index contributed by atoms with van der Waals surface area (Å²) in [4.78, 5) is 0. The molecule has 0 spiro atoms. The molecule has 2 nitrogen and oxygen atoms in total. The third-order valence-electron chi connectivity index (χ3n) is 9.12. The van der Waals surface area contributed by atoms with E-state index in [0.29, 0.717) is 17.4 Å². The number of nitrogens with one attached hydrogen (secondary N) is 1. The summed E-state index contributed by atoms with van der Waals surface area (Å²) < 4.78 is 0. The fourth-order valence-electron chi connectivity index (χ4n) is 6.95. The van der Waals surface area contributed by atoms with Crippen molar-refractivity contribution < 1.29 is 0 Å². The third kappa shape index (κ3) is 4.04. The molecule has 4 aliphatic rings. The highest BCUT2D eigenvalue weighted by Crippen LogP contribution is 2.49. The topological polar surface area (TPSA) is 35.8 Å². The van der Waals surface area contributed by atoms with Gasteiger partial charge >= 0.3 is 0 Å². The lowest BCUT2D eigenvalue weighted by Crippen LogP contribution is -2.23. The van der Waals surface area contributed by atoms with Crippen LogP contribution in [-0.4, -0.2) is 0 Å². The van der Waals surface area contributed by atoms with Crippen molar-refractivity contribution in [2.75, 3.05) is 5.32 Å². The molecule has 0 radical (unpaired) electrons. The summed E-state index contributed by atoms with van der Waals surface area (Å²) in [5.41, 5.74) is 11.9. The van der Waals surface area contributed by atoms with Crippen LogP contribution in [0.5, 0.6) is 0 Å². The van der Waals surface area contributed by atoms with Gasteiger partial charge in [0.05, 0.1) is 28.7 Å². The first-order chi connectivity index (χ1) is 20.8. The zero-order valence-electron chi connectivity index (χ0n) is 23.1. The molecule has 0 aromatic heterocycles. The van der Waals surface area contributed by atoms with Gasteiger partial charge in [-0.15, -0.1) is 0 Å². The lowest BCUT2D eigenvalue weighted by Gasteiger charge is -2.36. The summed E-state index contributed by atoms with van der Waals surface area (Å²) >= 11 is 0. The van der Waals surface area contributed by atoms with Gasteiger partial charge in [-0.3, -0.25) is 0 Å². The number of benzene rings is 3. The Morgan fingerprint density at radius 3 is 2.45 bits per heavy atom. The number of hydrogen-bond donors (Lipinski definition) is 1. The van der Waals surface area contributed by atoms with Gasteiger partial charge in [0.25, 0.3) is 0 Å². The van der Waals surface area contributed by atoms with Gasteiger partial charge in [0.1, 0.15) is 0 Å². The highest BCUT2D eigenvalue weighted by molar-refractivity contribution is 6.05. The summed E-state index contributed by atoms with van der Waals surface area (Å²) in [7, 11) is 0. The molecule has 8 rings (SSSR count). The Labute approximate surface area is 247 Å². The highest BCUT2D eigenvalue weighted by atomic mass is 14.9. The quantitative estimate of drug-likeness (QED) is 0.283. The van der Waals surface area contributed by atoms with Crippen LogP contribution < -0.4 is 5.32 Å². The van der Waals surface area contributed by atoms with Gasteiger partial charge in [-0.1, -0.05) is 109 Å². The van der Waals surface area contributed by atoms with Crippen LogP contribution in [-0.2, 0) is 0 Å². The Morgan fingerprint density at radius 1 is 0.810 bits per heavy atom. The number of nitriles is 1. The first kappa shape index (κ1) is 24.5. The van der Waals surface area contributed by atoms with E-state index in [1.165, 1.54) is 44.4 Å². The van der Waals surface area contributed by atoms with E-state index < -0.39 is 0 Å². The minimum absolute atomic E-state index is 0.0873. The largest absolute Gasteiger partial charge is 0.373 e. The van der Waals surface area contributed by atoms with Crippen LogP contribution in [0.2, 0.25) is 0 Å². The Hall–Kier alpha value is -5.31. The van der Waals surface area contributed by atoms with Crippen LogP contribution in [0.25, 0.3) is 28.0 Å². The molecule has 4 aromatic carbocycles. The molecule has 0 saturated heterocycles. The van der Waals surface area contributed by atoms with E-state index in [9.17, 15) is 5.26 Å². The van der Waals surface area contributed by atoms with Crippen LogP contribution in [0.15, 0.2) is 126 Å². The molecule has 2 heteroatoms. The molecule has 0 bridgehead atoms. The monoisotopic (exact) mass is 536 g/mol. The molecule has 1 aliphatic heterocycles. The lowest BCUT2D eigenvalue weighted by molar-refractivity contribution is 0.478. The fourth-order valence-corrected chi connectivity index (χ4v) is 6.95. The molecular weight excluding hydrogens is 508 g/mol. The summed E-state index contributed by atoms with van der Waals surface area (Å²) in [5.74, 6) is 0.918. The second kappa shape index (κ2) is 9.95. The Kier molecular flexibility index (Phi) is 5.80. The fraction of sp³-hybridized carbons (Fsp3) is 0.125. The predicted octanol–water partition coefficient (Wildman–Crippen LogP) is 9.42. The number of hydrogen-bond acceptors (Lipinski definition) is 2. The van der Waals surface area contributed by atoms with Crippen LogP contribution >= 0.6 is 0 Å². The van der Waals surface area contributed by atoms with Gasteiger partial charge in [-0.2, -0.15) is 5.26 Å². The molecule has 3 aliphatic carbocycles. The first-order valence-corrected chi connectivity index (χ1v) is 14.7. The van der Waals surface area contributed by atoms with Crippen molar-refractivity contribution in [2.24, 2.45) is 11.8 Å². The van der Waals surface area contributed by atoms with Crippen LogP contribution in [0.4, 0.5) is 5.69 Å². The second-order valence-electron chi connectivity index (χ2n) is 11.5. The predicted molar refractivity (Wildman–Crippen MR) is 172 cm³/mol. The van der Waals surface area contributed by atoms with E-state index in [0.717, 1.165) is 29.5 Å². The Bertz CT molecular complexity index is 1990. The van der Waals surface area contributed by atoms with Crippen molar-refractivity contribution in [3.63, 3.8) is 0 Å². The maximum Gasteiger partial charge on any atom is 0.0991 e. The number of anilines is 1. The molecular formula is C40H28N2. The van der Waals surface area contributed by atoms with Crippen molar-refractivity contribution in [3.8, 4) is 6.07 Å². The van der Waals surface area contributed by atoms with Crippen molar-refractivity contribution in [1.82, 2.24) is 0 Å². The highest BCUT2D eigenvalue weighted by Gasteiger charge is 2.32. The van der Waals surface area contributed by atoms with Gasteiger partial charge in [-0.25, -0.2) is 0 Å². The normalized spacial score (nSPS) is 21.7. The number of nitrogens with zero attached hydrogens (tertiary/aromatic N) is 1. The summed E-state index contributed by atoms with van der Waals surface area (Å²) in [6.07, 6.45) is 20.7. The van der Waals surface area contributed by atoms with Gasteiger partial charge in [-0.05, 0) is 93.3 Å². The molecule has 0 amide bonds. The van der Waals surface area contributed by atoms with Gasteiger partial charge in [0, 0.05) is 5.56 Å². The second-order valence-corrected chi connectivity index (χ2v) is 11.5. The van der Waals surface area contributed by atoms with E-state index >= 15 is 0 Å². The maximum atomic E-state index is 9.28. The minimum Gasteiger partial charge on any atom is -0.373 e. The molecule has 3 atom stereocenters. The SMILES string of the molecule is N#Cc1cccc(C2=CCC(C3C=CC(C4=C5C=Cc6ccccc6C5Nc5c4ccc4ccc#cc54)=CC3)C=C2)c1. The number of allylic oxidation sites excluding steroid dienone is 9. The summed E-state index contributed by atoms with van der Waals surface area (Å²) in [6, 6.07) is 34.0. The van der Waals surface area contributed by atoms with Crippen molar-refractivity contribution in [2.45, 2.75) is 18.9 Å². The summed E-state index contributed by atoms with van der Waals surface area (Å²) in [6.45, 7) is 0. The molecule has 42 heavy (non-hydrogen) atoms. The van der Waals surface area contributed by atoms with Gasteiger partial charge < -0.3 is 5.32 Å². The van der Waals surface area contributed by atoms with E-state index in [4.69, 9.17) is 0 Å². The zero-order valence-corrected chi connectivity index (χ0v) is 23.1. The molecule has 0 fully saturated rings. The average Bonchev–Trinajstić information content (AvgIpc) is 3.07. The van der Waals surface area contributed by atoms with Crippen LogP contribution in [0.3, 0.4) is 0 Å². The standard InChI is InChI=1S/C40H28N2/c41-25-26-6-5-9-33(24-26)29-14-12-27(13-15-29)28-16-18-32(19-17-28)38-36-22-20-30-7-1-3-10-34(30)39(36)42-40-35-11-4-2-8-31(35)21-23-37(38)40/h1-3,5-10,12,14-16,18-24,27-28,39,42H,13,17H2. The Balaban J connectivity index is 1.12. The molecule has 3 unspecified atom stereocenters. The molecule has 198 valence electrons. The lowest BCUT2D eigenvalue weighted by atomic mass is 9.75. The van der Waals surface area contributed by atoms with Crippen LogP contribution in [0, 0.1) is 35.3 Å². The zero-order chi connectivity index (χ0) is 28.0. The third-order valence-corrected chi connectivity index (χ3v) is 9.12. The van der Waals surface area contributed by atoms with E-state index in [1.54, 1.807) is 0 Å².